The standard InChI is InChI=1S/C15H21BrOS/c1-15(2,3)11-6-4-10(5-7-11)14(17)12-8-18-9-13(12)16/h8-11H,4-7H2,1-3H3. The number of hydrogen-bond donors (Lipinski definition) is 0. The van der Waals surface area contributed by atoms with Crippen LogP contribution >= 0.6 is 27.3 Å². The summed E-state index contributed by atoms with van der Waals surface area (Å²) in [5.74, 6) is 1.36. The van der Waals surface area contributed by atoms with Crippen LogP contribution in [-0.2, 0) is 0 Å². The van der Waals surface area contributed by atoms with Gasteiger partial charge in [-0.15, -0.1) is 0 Å². The molecule has 0 aliphatic heterocycles. The zero-order valence-corrected chi connectivity index (χ0v) is 13.7. The van der Waals surface area contributed by atoms with Crippen LogP contribution in [0.1, 0.15) is 56.8 Å². The van der Waals surface area contributed by atoms with Gasteiger partial charge in [0.25, 0.3) is 0 Å². The summed E-state index contributed by atoms with van der Waals surface area (Å²) in [6, 6.07) is 0. The van der Waals surface area contributed by atoms with E-state index in [-0.39, 0.29) is 5.92 Å². The second-order valence-electron chi connectivity index (χ2n) is 6.41. The van der Waals surface area contributed by atoms with Crippen molar-refractivity contribution in [3.05, 3.63) is 20.8 Å². The molecule has 0 spiro atoms. The largest absolute Gasteiger partial charge is 0.294 e. The van der Waals surface area contributed by atoms with Gasteiger partial charge in [-0.1, -0.05) is 20.8 Å². The predicted octanol–water partition coefficient (Wildman–Crippen LogP) is 5.55. The van der Waals surface area contributed by atoms with Crippen molar-refractivity contribution in [1.29, 1.82) is 0 Å². The molecule has 1 nitrogen and oxygen atoms in total. The van der Waals surface area contributed by atoms with Gasteiger partial charge in [0.05, 0.1) is 0 Å². The maximum absolute atomic E-state index is 12.4. The molecule has 0 bridgehead atoms. The van der Waals surface area contributed by atoms with Gasteiger partial charge in [0.15, 0.2) is 5.78 Å². The second kappa shape index (κ2) is 5.46. The molecular formula is C15H21BrOS. The normalized spacial score (nSPS) is 25.1. The van der Waals surface area contributed by atoms with E-state index in [2.05, 4.69) is 36.7 Å². The third-order valence-corrected chi connectivity index (χ3v) is 5.91. The topological polar surface area (TPSA) is 17.1 Å². The number of carbonyl (C=O) groups excluding carboxylic acids is 1. The molecule has 0 atom stereocenters. The summed E-state index contributed by atoms with van der Waals surface area (Å²) in [5, 5.41) is 3.97. The maximum atomic E-state index is 12.4. The van der Waals surface area contributed by atoms with Gasteiger partial charge in [0.1, 0.15) is 0 Å². The summed E-state index contributed by atoms with van der Waals surface area (Å²) in [6.45, 7) is 6.94. The molecule has 2 rings (SSSR count). The van der Waals surface area contributed by atoms with Crippen molar-refractivity contribution >= 4 is 33.0 Å². The smallest absolute Gasteiger partial charge is 0.167 e. The zero-order valence-electron chi connectivity index (χ0n) is 11.3. The Bertz CT molecular complexity index is 422. The Hall–Kier alpha value is -0.150. The molecule has 1 aliphatic rings. The molecule has 3 heteroatoms. The van der Waals surface area contributed by atoms with Crippen LogP contribution in [0.2, 0.25) is 0 Å². The lowest BCUT2D eigenvalue weighted by molar-refractivity contribution is 0.0819. The van der Waals surface area contributed by atoms with E-state index in [1.807, 2.05) is 10.8 Å². The highest BCUT2D eigenvalue weighted by Gasteiger charge is 2.33. The van der Waals surface area contributed by atoms with Crippen molar-refractivity contribution in [3.63, 3.8) is 0 Å². The average molecular weight is 329 g/mol. The van der Waals surface area contributed by atoms with E-state index >= 15 is 0 Å². The van der Waals surface area contributed by atoms with Gasteiger partial charge in [-0.25, -0.2) is 0 Å². The van der Waals surface area contributed by atoms with Crippen LogP contribution in [0.15, 0.2) is 15.2 Å². The molecule has 1 fully saturated rings. The molecule has 0 N–H and O–H groups in total. The SMILES string of the molecule is CC(C)(C)C1CCC(C(=O)c2cscc2Br)CC1. The molecule has 1 heterocycles. The van der Waals surface area contributed by atoms with Crippen molar-refractivity contribution in [3.8, 4) is 0 Å². The number of hydrogen-bond acceptors (Lipinski definition) is 2. The van der Waals surface area contributed by atoms with E-state index in [0.29, 0.717) is 11.2 Å². The molecule has 1 saturated carbocycles. The van der Waals surface area contributed by atoms with E-state index in [0.717, 1.165) is 28.8 Å². The number of rotatable bonds is 2. The van der Waals surface area contributed by atoms with Gasteiger partial charge in [-0.2, -0.15) is 11.3 Å². The molecule has 0 amide bonds. The van der Waals surface area contributed by atoms with E-state index in [4.69, 9.17) is 0 Å². The van der Waals surface area contributed by atoms with Crippen molar-refractivity contribution in [2.24, 2.45) is 17.3 Å². The molecule has 0 aromatic carbocycles. The summed E-state index contributed by atoms with van der Waals surface area (Å²) in [6.07, 6.45) is 4.51. The van der Waals surface area contributed by atoms with Crippen molar-refractivity contribution in [1.82, 2.24) is 0 Å². The molecule has 100 valence electrons. The average Bonchev–Trinajstić information content (AvgIpc) is 2.73. The number of carbonyl (C=O) groups is 1. The van der Waals surface area contributed by atoms with Gasteiger partial charge in [0.2, 0.25) is 0 Å². The van der Waals surface area contributed by atoms with E-state index in [1.165, 1.54) is 12.8 Å². The van der Waals surface area contributed by atoms with E-state index in [9.17, 15) is 4.79 Å². The first-order valence-corrected chi connectivity index (χ1v) is 8.39. The third kappa shape index (κ3) is 3.05. The summed E-state index contributed by atoms with van der Waals surface area (Å²) in [5.41, 5.74) is 1.27. The predicted molar refractivity (Wildman–Crippen MR) is 81.3 cm³/mol. The number of thiophene rings is 1. The Morgan fingerprint density at radius 3 is 2.28 bits per heavy atom. The fourth-order valence-electron chi connectivity index (χ4n) is 2.90. The monoisotopic (exact) mass is 328 g/mol. The maximum Gasteiger partial charge on any atom is 0.167 e. The van der Waals surface area contributed by atoms with Crippen LogP contribution in [0.4, 0.5) is 0 Å². The summed E-state index contributed by atoms with van der Waals surface area (Å²) < 4.78 is 0.968. The number of Topliss-reactive ketones (excluding diaryl/α,β-unsaturated/α-hetero) is 1. The second-order valence-corrected chi connectivity index (χ2v) is 8.01. The van der Waals surface area contributed by atoms with Gasteiger partial charge in [-0.3, -0.25) is 4.79 Å². The molecule has 1 aliphatic carbocycles. The Labute approximate surface area is 122 Å². The zero-order chi connectivity index (χ0) is 13.3. The molecule has 0 unspecified atom stereocenters. The Kier molecular flexibility index (Phi) is 4.32. The van der Waals surface area contributed by atoms with Crippen LogP contribution < -0.4 is 0 Å². The number of halogens is 1. The number of ketones is 1. The van der Waals surface area contributed by atoms with Crippen molar-refractivity contribution in [2.75, 3.05) is 0 Å². The lowest BCUT2D eigenvalue weighted by atomic mass is 9.69. The van der Waals surface area contributed by atoms with E-state index in [1.54, 1.807) is 11.3 Å². The summed E-state index contributed by atoms with van der Waals surface area (Å²) in [7, 11) is 0. The van der Waals surface area contributed by atoms with Gasteiger partial charge >= 0.3 is 0 Å². The highest BCUT2D eigenvalue weighted by Crippen LogP contribution is 2.41. The first-order valence-electron chi connectivity index (χ1n) is 6.65. The minimum atomic E-state index is 0.245. The third-order valence-electron chi connectivity index (χ3n) is 4.20. The Morgan fingerprint density at radius 2 is 1.83 bits per heavy atom. The highest BCUT2D eigenvalue weighted by atomic mass is 79.9. The molecule has 1 aromatic rings. The molecular weight excluding hydrogens is 308 g/mol. The lowest BCUT2D eigenvalue weighted by Gasteiger charge is -2.36. The first-order chi connectivity index (χ1) is 8.39. The molecule has 0 saturated heterocycles. The van der Waals surface area contributed by atoms with Crippen molar-refractivity contribution < 1.29 is 4.79 Å². The first kappa shape index (κ1) is 14.3. The Balaban J connectivity index is 1.99. The fraction of sp³-hybridized carbons (Fsp3) is 0.667. The minimum Gasteiger partial charge on any atom is -0.294 e. The highest BCUT2D eigenvalue weighted by molar-refractivity contribution is 9.10. The quantitative estimate of drug-likeness (QED) is 0.651. The van der Waals surface area contributed by atoms with Crippen LogP contribution in [0.5, 0.6) is 0 Å². The van der Waals surface area contributed by atoms with Crippen LogP contribution in [0.3, 0.4) is 0 Å². The summed E-state index contributed by atoms with van der Waals surface area (Å²) >= 11 is 5.06. The van der Waals surface area contributed by atoms with Gasteiger partial charge in [0, 0.05) is 26.7 Å². The molecule has 1 aromatic heterocycles. The minimum absolute atomic E-state index is 0.245. The van der Waals surface area contributed by atoms with Crippen LogP contribution in [0, 0.1) is 17.3 Å². The van der Waals surface area contributed by atoms with Crippen LogP contribution in [-0.4, -0.2) is 5.78 Å². The molecule has 18 heavy (non-hydrogen) atoms. The fourth-order valence-corrected chi connectivity index (χ4v) is 4.38. The Morgan fingerprint density at radius 1 is 1.22 bits per heavy atom. The van der Waals surface area contributed by atoms with E-state index < -0.39 is 0 Å². The van der Waals surface area contributed by atoms with Crippen molar-refractivity contribution in [2.45, 2.75) is 46.5 Å². The summed E-state index contributed by atoms with van der Waals surface area (Å²) in [4.78, 5) is 12.4. The van der Waals surface area contributed by atoms with Crippen LogP contribution in [0.25, 0.3) is 0 Å². The van der Waals surface area contributed by atoms with Gasteiger partial charge in [-0.05, 0) is 52.9 Å². The molecule has 0 radical (unpaired) electrons. The lowest BCUT2D eigenvalue weighted by Crippen LogP contribution is -2.28. The van der Waals surface area contributed by atoms with Gasteiger partial charge < -0.3 is 0 Å².